The van der Waals surface area contributed by atoms with E-state index >= 15 is 0 Å². The van der Waals surface area contributed by atoms with Crippen molar-refractivity contribution in [1.29, 1.82) is 0 Å². The average molecular weight is 422 g/mol. The zero-order valence-corrected chi connectivity index (χ0v) is 19.8. The zero-order chi connectivity index (χ0) is 22.7. The number of unbranched alkanes of at least 4 members (excludes halogenated alkanes) is 1. The van der Waals surface area contributed by atoms with Crippen molar-refractivity contribution in [3.63, 3.8) is 0 Å². The molecule has 160 valence electrons. The van der Waals surface area contributed by atoms with E-state index in [0.717, 1.165) is 57.9 Å². The SMILES string of the molecule is C=CC.C=Cc1cc(CCCCC(=C)C)cc2c1C(=C)c1cccc(Cl)c1N2.CC. The van der Waals surface area contributed by atoms with Gasteiger partial charge in [-0.1, -0.05) is 74.5 Å². The average Bonchev–Trinajstić information content (AvgIpc) is 2.73. The molecule has 30 heavy (non-hydrogen) atoms. The number of hydrogen-bond donors (Lipinski definition) is 1. The van der Waals surface area contributed by atoms with E-state index in [1.807, 2.05) is 39.0 Å². The van der Waals surface area contributed by atoms with E-state index in [-0.39, 0.29) is 0 Å². The van der Waals surface area contributed by atoms with Crippen LogP contribution in [0.2, 0.25) is 5.02 Å². The van der Waals surface area contributed by atoms with Crippen LogP contribution in [-0.4, -0.2) is 0 Å². The largest absolute Gasteiger partial charge is 0.353 e. The fraction of sp³-hybridized carbons (Fsp3) is 0.286. The van der Waals surface area contributed by atoms with Gasteiger partial charge in [-0.15, -0.1) is 13.2 Å². The lowest BCUT2D eigenvalue weighted by molar-refractivity contribution is 0.731. The van der Waals surface area contributed by atoms with Crippen molar-refractivity contribution >= 4 is 34.6 Å². The second-order valence-electron chi connectivity index (χ2n) is 7.15. The zero-order valence-electron chi connectivity index (χ0n) is 19.1. The van der Waals surface area contributed by atoms with Crippen LogP contribution in [0.5, 0.6) is 0 Å². The van der Waals surface area contributed by atoms with Crippen LogP contribution in [0.3, 0.4) is 0 Å². The van der Waals surface area contributed by atoms with Gasteiger partial charge < -0.3 is 5.32 Å². The lowest BCUT2D eigenvalue weighted by Gasteiger charge is -2.26. The molecule has 0 unspecified atom stereocenters. The van der Waals surface area contributed by atoms with Gasteiger partial charge in [0.05, 0.1) is 10.7 Å². The summed E-state index contributed by atoms with van der Waals surface area (Å²) in [6.07, 6.45) is 8.13. The van der Waals surface area contributed by atoms with Gasteiger partial charge in [0.25, 0.3) is 0 Å². The van der Waals surface area contributed by atoms with Crippen LogP contribution in [0.4, 0.5) is 11.4 Å². The summed E-state index contributed by atoms with van der Waals surface area (Å²) in [7, 11) is 0. The Labute approximate surface area is 188 Å². The van der Waals surface area contributed by atoms with Gasteiger partial charge >= 0.3 is 0 Å². The fourth-order valence-corrected chi connectivity index (χ4v) is 3.62. The number of halogens is 1. The van der Waals surface area contributed by atoms with E-state index in [1.165, 1.54) is 17.6 Å². The quantitative estimate of drug-likeness (QED) is 0.308. The van der Waals surface area contributed by atoms with E-state index in [0.29, 0.717) is 0 Å². The molecule has 0 saturated heterocycles. The van der Waals surface area contributed by atoms with Gasteiger partial charge in [0.2, 0.25) is 0 Å². The van der Waals surface area contributed by atoms with E-state index in [4.69, 9.17) is 11.6 Å². The summed E-state index contributed by atoms with van der Waals surface area (Å²) in [4.78, 5) is 0. The molecule has 2 aromatic carbocycles. The molecule has 0 atom stereocenters. The summed E-state index contributed by atoms with van der Waals surface area (Å²) >= 11 is 6.39. The molecule has 0 fully saturated rings. The second-order valence-corrected chi connectivity index (χ2v) is 7.56. The molecule has 0 aromatic heterocycles. The van der Waals surface area contributed by atoms with Crippen LogP contribution in [0.1, 0.15) is 69.2 Å². The minimum atomic E-state index is 0.719. The van der Waals surface area contributed by atoms with Crippen molar-refractivity contribution in [2.75, 3.05) is 5.32 Å². The molecule has 0 bridgehead atoms. The molecule has 2 heteroatoms. The maximum atomic E-state index is 6.39. The number of anilines is 2. The molecule has 0 aliphatic carbocycles. The highest BCUT2D eigenvalue weighted by molar-refractivity contribution is 6.34. The highest BCUT2D eigenvalue weighted by Crippen LogP contribution is 2.45. The van der Waals surface area contributed by atoms with Gasteiger partial charge in [-0.2, -0.15) is 0 Å². The van der Waals surface area contributed by atoms with Crippen molar-refractivity contribution in [3.05, 3.63) is 95.6 Å². The molecular formula is C28H36ClN. The van der Waals surface area contributed by atoms with Crippen LogP contribution >= 0.6 is 11.6 Å². The van der Waals surface area contributed by atoms with Gasteiger partial charge in [-0.05, 0) is 68.4 Å². The third-order valence-corrected chi connectivity index (χ3v) is 4.98. The van der Waals surface area contributed by atoms with Crippen molar-refractivity contribution < 1.29 is 0 Å². The smallest absolute Gasteiger partial charge is 0.0653 e. The number of rotatable bonds is 6. The first-order valence-corrected chi connectivity index (χ1v) is 11.1. The van der Waals surface area contributed by atoms with Gasteiger partial charge in [-0.3, -0.25) is 0 Å². The van der Waals surface area contributed by atoms with E-state index in [9.17, 15) is 0 Å². The topological polar surface area (TPSA) is 12.0 Å². The Hall–Kier alpha value is -2.51. The van der Waals surface area contributed by atoms with Crippen LogP contribution in [0, 0.1) is 0 Å². The molecule has 1 N–H and O–H groups in total. The minimum absolute atomic E-state index is 0.719. The first kappa shape index (κ1) is 25.5. The standard InChI is InChI=1S/C23H24ClN.C3H6.C2H6/c1-5-18-13-17(10-7-6-9-15(2)3)14-21-22(18)16(4)19-11-8-12-20(24)23(19)25-21;1-3-2;1-2/h5,8,11-14,25H,1-2,4,6-7,9-10H2,3H3;3H,1H2,2H3;1-2H3. The number of fused-ring (bicyclic) bond motifs is 2. The molecule has 0 spiro atoms. The predicted octanol–water partition coefficient (Wildman–Crippen LogP) is 9.61. The van der Waals surface area contributed by atoms with Crippen molar-refractivity contribution in [2.45, 2.75) is 53.4 Å². The summed E-state index contributed by atoms with van der Waals surface area (Å²) in [6, 6.07) is 10.4. The number of allylic oxidation sites excluding steroid dienone is 2. The first-order valence-electron chi connectivity index (χ1n) is 10.7. The fourth-order valence-electron chi connectivity index (χ4n) is 3.40. The maximum Gasteiger partial charge on any atom is 0.0653 e. The Morgan fingerprint density at radius 3 is 2.40 bits per heavy atom. The molecule has 0 saturated carbocycles. The van der Waals surface area contributed by atoms with E-state index < -0.39 is 0 Å². The molecule has 1 heterocycles. The molecule has 1 aliphatic rings. The van der Waals surface area contributed by atoms with Gasteiger partial charge in [-0.25, -0.2) is 0 Å². The molecular weight excluding hydrogens is 386 g/mol. The van der Waals surface area contributed by atoms with Crippen molar-refractivity contribution in [1.82, 2.24) is 0 Å². The number of hydrogen-bond acceptors (Lipinski definition) is 1. The van der Waals surface area contributed by atoms with Crippen LogP contribution in [-0.2, 0) is 6.42 Å². The van der Waals surface area contributed by atoms with Crippen LogP contribution in [0.15, 0.2) is 68.3 Å². The molecule has 0 radical (unpaired) electrons. The summed E-state index contributed by atoms with van der Waals surface area (Å²) < 4.78 is 0. The third kappa shape index (κ3) is 6.50. The Balaban J connectivity index is 0.000000826. The molecule has 3 rings (SSSR count). The Bertz CT molecular complexity index is 905. The second kappa shape index (κ2) is 12.9. The minimum Gasteiger partial charge on any atom is -0.353 e. The Kier molecular flexibility index (Phi) is 11.0. The lowest BCUT2D eigenvalue weighted by atomic mass is 9.87. The number of aryl methyl sites for hydroxylation is 1. The maximum absolute atomic E-state index is 6.39. The van der Waals surface area contributed by atoms with Crippen molar-refractivity contribution in [3.8, 4) is 0 Å². The first-order chi connectivity index (χ1) is 14.4. The Morgan fingerprint density at radius 2 is 1.80 bits per heavy atom. The van der Waals surface area contributed by atoms with E-state index in [1.54, 1.807) is 6.08 Å². The number of para-hydroxylation sites is 1. The molecule has 0 amide bonds. The normalized spacial score (nSPS) is 10.8. The predicted molar refractivity (Wildman–Crippen MR) is 139 cm³/mol. The monoisotopic (exact) mass is 421 g/mol. The van der Waals surface area contributed by atoms with E-state index in [2.05, 4.69) is 56.8 Å². The van der Waals surface area contributed by atoms with Crippen LogP contribution in [0.25, 0.3) is 11.6 Å². The van der Waals surface area contributed by atoms with Crippen molar-refractivity contribution in [2.24, 2.45) is 0 Å². The molecule has 1 nitrogen and oxygen atoms in total. The lowest BCUT2D eigenvalue weighted by Crippen LogP contribution is -2.08. The van der Waals surface area contributed by atoms with Gasteiger partial charge in [0, 0.05) is 16.8 Å². The number of nitrogens with one attached hydrogen (secondary N) is 1. The summed E-state index contributed by atoms with van der Waals surface area (Å²) in [5, 5.41) is 4.23. The van der Waals surface area contributed by atoms with Crippen LogP contribution < -0.4 is 5.32 Å². The summed E-state index contributed by atoms with van der Waals surface area (Å²) in [6.45, 7) is 23.6. The highest BCUT2D eigenvalue weighted by Gasteiger charge is 2.22. The third-order valence-electron chi connectivity index (χ3n) is 4.67. The van der Waals surface area contributed by atoms with Gasteiger partial charge in [0.1, 0.15) is 0 Å². The molecule has 2 aromatic rings. The Morgan fingerprint density at radius 1 is 1.13 bits per heavy atom. The highest BCUT2D eigenvalue weighted by atomic mass is 35.5. The summed E-state index contributed by atoms with van der Waals surface area (Å²) in [5.41, 5.74) is 8.86. The molecule has 1 aliphatic heterocycles. The summed E-state index contributed by atoms with van der Waals surface area (Å²) in [5.74, 6) is 0. The van der Waals surface area contributed by atoms with Gasteiger partial charge in [0.15, 0.2) is 0 Å². The number of benzene rings is 2.